The molecule has 4 aliphatic heterocycles. The average Bonchev–Trinajstić information content (AvgIpc) is 3.26. The van der Waals surface area contributed by atoms with Crippen LogP contribution in [0.3, 0.4) is 0 Å². The minimum Gasteiger partial charge on any atom is -0.490 e. The van der Waals surface area contributed by atoms with Crippen LogP contribution in [0.15, 0.2) is 52.9 Å². The monoisotopic (exact) mass is 754 g/mol. The van der Waals surface area contributed by atoms with Gasteiger partial charge in [-0.15, -0.1) is 4.36 Å². The number of hydrogen-bond acceptors (Lipinski definition) is 7. The molecule has 7 rings (SSSR count). The number of hydrogen-bond donors (Lipinski definition) is 1. The number of morpholine rings is 1. The molecule has 4 heterocycles. The molecule has 1 N–H and O–H groups in total. The van der Waals surface area contributed by atoms with Crippen molar-refractivity contribution >= 4 is 39.1 Å². The van der Waals surface area contributed by atoms with E-state index in [1.165, 1.54) is 11.1 Å². The Morgan fingerprint density at radius 2 is 1.88 bits per heavy atom. The van der Waals surface area contributed by atoms with Crippen molar-refractivity contribution in [2.75, 3.05) is 50.7 Å². The first-order valence-corrected chi connectivity index (χ1v) is 21.0. The number of nitrogens with zero attached hydrogens (tertiary/aromatic N) is 3. The van der Waals surface area contributed by atoms with Crippen LogP contribution < -0.4 is 14.4 Å². The molecule has 2 saturated heterocycles. The first kappa shape index (κ1) is 38.6. The van der Waals surface area contributed by atoms with Crippen molar-refractivity contribution in [2.45, 2.75) is 90.3 Å². The minimum absolute atomic E-state index is 0.0320. The number of carbonyl (C=O) groups is 2. The van der Waals surface area contributed by atoms with Gasteiger partial charge in [-0.05, 0) is 91.3 Å². The molecule has 284 valence electrons. The molecule has 0 saturated carbocycles. The highest BCUT2D eigenvalue weighted by molar-refractivity contribution is 7.92. The third-order valence-corrected chi connectivity index (χ3v) is 13.7. The largest absolute Gasteiger partial charge is 0.490 e. The molecular weight excluding hydrogens is 700 g/mol. The van der Waals surface area contributed by atoms with E-state index >= 15 is 0 Å². The highest BCUT2D eigenvalue weighted by Crippen LogP contribution is 2.45. The molecule has 8 atom stereocenters. The summed E-state index contributed by atoms with van der Waals surface area (Å²) < 4.78 is 39.8. The van der Waals surface area contributed by atoms with Gasteiger partial charge in [0.05, 0.1) is 49.4 Å². The van der Waals surface area contributed by atoms with Crippen LogP contribution in [0.5, 0.6) is 5.75 Å². The molecule has 0 aromatic heterocycles. The molecule has 4 bridgehead atoms. The van der Waals surface area contributed by atoms with E-state index in [-0.39, 0.29) is 47.1 Å². The van der Waals surface area contributed by atoms with Crippen molar-refractivity contribution < 1.29 is 28.0 Å². The van der Waals surface area contributed by atoms with Crippen LogP contribution >= 0.6 is 11.6 Å². The molecule has 3 unspecified atom stereocenters. The summed E-state index contributed by atoms with van der Waals surface area (Å²) in [6.07, 6.45) is 8.44. The Morgan fingerprint density at radius 3 is 2.62 bits per heavy atom. The predicted octanol–water partition coefficient (Wildman–Crippen LogP) is 7.43. The number of benzene rings is 2. The van der Waals surface area contributed by atoms with Gasteiger partial charge in [0.2, 0.25) is 0 Å². The van der Waals surface area contributed by atoms with E-state index in [4.69, 9.17) is 25.8 Å². The first-order chi connectivity index (χ1) is 25.0. The van der Waals surface area contributed by atoms with E-state index < -0.39 is 21.9 Å². The third kappa shape index (κ3) is 7.88. The summed E-state index contributed by atoms with van der Waals surface area (Å²) in [5.74, 6) is 0.354. The van der Waals surface area contributed by atoms with Crippen LogP contribution in [-0.2, 0) is 31.2 Å². The zero-order valence-electron chi connectivity index (χ0n) is 31.4. The number of rotatable bonds is 2. The van der Waals surface area contributed by atoms with Crippen molar-refractivity contribution in [3.05, 3.63) is 70.3 Å². The number of aryl methyl sites for hydroxylation is 1. The zero-order valence-corrected chi connectivity index (χ0v) is 33.0. The van der Waals surface area contributed by atoms with Gasteiger partial charge < -0.3 is 24.0 Å². The van der Waals surface area contributed by atoms with Crippen LogP contribution in [0, 0.1) is 17.8 Å². The fraction of sp³-hybridized carbons (Fsp3) is 0.600. The Labute approximate surface area is 314 Å². The van der Waals surface area contributed by atoms with Crippen LogP contribution in [0.4, 0.5) is 10.5 Å². The van der Waals surface area contributed by atoms with Crippen molar-refractivity contribution in [1.29, 1.82) is 0 Å². The lowest BCUT2D eigenvalue weighted by molar-refractivity contribution is -0.0985. The van der Waals surface area contributed by atoms with Gasteiger partial charge in [-0.3, -0.25) is 9.52 Å². The second kappa shape index (κ2) is 16.1. The Morgan fingerprint density at radius 1 is 1.12 bits per heavy atom. The van der Waals surface area contributed by atoms with Gasteiger partial charge in [0, 0.05) is 36.2 Å². The maximum Gasteiger partial charge on any atom is 0.330 e. The minimum atomic E-state index is -3.48. The third-order valence-electron chi connectivity index (χ3n) is 11.5. The zero-order chi connectivity index (χ0) is 37.2. The molecular formula is C40H55ClN4O6S. The summed E-state index contributed by atoms with van der Waals surface area (Å²) in [5.41, 5.74) is 3.35. The quantitative estimate of drug-likeness (QED) is 0.318. The summed E-state index contributed by atoms with van der Waals surface area (Å²) in [4.78, 5) is 31.5. The topological polar surface area (TPSA) is 110 Å². The summed E-state index contributed by atoms with van der Waals surface area (Å²) in [7, 11) is -1.74. The molecule has 1 spiro atoms. The highest BCUT2D eigenvalue weighted by atomic mass is 35.5. The molecule has 10 nitrogen and oxygen atoms in total. The first-order valence-electron chi connectivity index (χ1n) is 18.9. The summed E-state index contributed by atoms with van der Waals surface area (Å²) >= 11 is 6.45. The molecule has 2 aromatic carbocycles. The molecule has 5 aliphatic rings. The summed E-state index contributed by atoms with van der Waals surface area (Å²) in [5, 5.41) is 0.737. The van der Waals surface area contributed by atoms with E-state index in [0.29, 0.717) is 50.6 Å². The summed E-state index contributed by atoms with van der Waals surface area (Å²) in [6.45, 7) is 13.2. The van der Waals surface area contributed by atoms with Crippen molar-refractivity contribution in [1.82, 2.24) is 9.62 Å². The van der Waals surface area contributed by atoms with Crippen LogP contribution in [0.2, 0.25) is 5.02 Å². The van der Waals surface area contributed by atoms with E-state index in [9.17, 15) is 13.8 Å². The summed E-state index contributed by atoms with van der Waals surface area (Å²) in [6, 6.07) is 11.0. The van der Waals surface area contributed by atoms with Gasteiger partial charge in [-0.1, -0.05) is 64.4 Å². The molecule has 0 radical (unpaired) electrons. The standard InChI is InChI=1S/C38H49ClN4O6S.C2H6/c1-24-7-5-9-34(47-4)26(3)25(2)18-42-22-38(14-6-8-27-15-29(39)11-12-32(27)38)23-49-35-13-10-28(16-33(35)42)36(44)40-50(46,21-24)41-37(45)43-30-17-31(43)20-48-19-30;1-2/h5,9-13,15-16,24-26,30-31,34H,6-8,14,17-23H2,1-4H3,(H,40,41,44,45,46);1-2H3/b9-5+;/t24-,25-,26+,30?,31?,34-,38-,50?;/m0./s1. The fourth-order valence-electron chi connectivity index (χ4n) is 8.60. The molecule has 2 aromatic rings. The van der Waals surface area contributed by atoms with E-state index in [0.717, 1.165) is 36.4 Å². The Balaban J connectivity index is 0.00000228. The van der Waals surface area contributed by atoms with E-state index in [2.05, 4.69) is 52.1 Å². The Hall–Kier alpha value is -3.12. The lowest BCUT2D eigenvalue weighted by Gasteiger charge is -2.51. The Bertz CT molecular complexity index is 1780. The number of amides is 3. The van der Waals surface area contributed by atoms with Crippen LogP contribution in [0.25, 0.3) is 0 Å². The van der Waals surface area contributed by atoms with Gasteiger partial charge in [-0.25, -0.2) is 9.00 Å². The fourth-order valence-corrected chi connectivity index (χ4v) is 10.7. The van der Waals surface area contributed by atoms with Crippen LogP contribution in [0.1, 0.15) is 81.8 Å². The maximum atomic E-state index is 14.6. The van der Waals surface area contributed by atoms with Gasteiger partial charge in [0.15, 0.2) is 0 Å². The number of allylic oxidation sites excluding steroid dienone is 1. The number of anilines is 1. The number of urea groups is 1. The van der Waals surface area contributed by atoms with Crippen molar-refractivity contribution in [2.24, 2.45) is 22.1 Å². The predicted molar refractivity (Wildman–Crippen MR) is 207 cm³/mol. The number of methoxy groups -OCH3 is 1. The van der Waals surface area contributed by atoms with E-state index in [1.807, 2.05) is 39.0 Å². The lowest BCUT2D eigenvalue weighted by atomic mass is 9.70. The number of fused-ring (bicyclic) bond motifs is 5. The maximum absolute atomic E-state index is 14.6. The SMILES string of the molecule is CC.CO[C@H]1/C=C/C[C@H](C)CS(=O)(NC(=O)N2C3COCC2C3)=NC(=O)c2ccc3c(c2)N(C[C@H](C)[C@H]1C)C[C@@]1(CCCc2cc(Cl)ccc21)CO3. The van der Waals surface area contributed by atoms with Crippen molar-refractivity contribution in [3.63, 3.8) is 0 Å². The average molecular weight is 755 g/mol. The van der Waals surface area contributed by atoms with Gasteiger partial charge in [0.1, 0.15) is 15.7 Å². The second-order valence-electron chi connectivity index (χ2n) is 15.2. The lowest BCUT2D eigenvalue weighted by Crippen LogP contribution is -2.68. The molecule has 12 heteroatoms. The normalized spacial score (nSPS) is 33.6. The number of nitrogens with one attached hydrogen (secondary N) is 1. The van der Waals surface area contributed by atoms with Crippen LogP contribution in [-0.4, -0.2) is 85.0 Å². The molecule has 1 aliphatic carbocycles. The highest BCUT2D eigenvalue weighted by Gasteiger charge is 2.46. The molecule has 52 heavy (non-hydrogen) atoms. The number of ether oxygens (including phenoxy) is 3. The van der Waals surface area contributed by atoms with Gasteiger partial charge in [0.25, 0.3) is 5.91 Å². The second-order valence-corrected chi connectivity index (χ2v) is 17.6. The number of halogens is 1. The van der Waals surface area contributed by atoms with Gasteiger partial charge in [-0.2, -0.15) is 0 Å². The van der Waals surface area contributed by atoms with E-state index in [1.54, 1.807) is 18.1 Å². The number of carbonyl (C=O) groups excluding carboxylic acids is 2. The molecule has 2 fully saturated rings. The smallest absolute Gasteiger partial charge is 0.330 e. The molecule has 3 amide bonds. The van der Waals surface area contributed by atoms with Crippen molar-refractivity contribution in [3.8, 4) is 5.75 Å². The Kier molecular flexibility index (Phi) is 11.9. The van der Waals surface area contributed by atoms with Gasteiger partial charge >= 0.3 is 6.03 Å².